The summed E-state index contributed by atoms with van der Waals surface area (Å²) in [4.78, 5) is 0. The summed E-state index contributed by atoms with van der Waals surface area (Å²) in [5.74, 6) is 0.934. The lowest BCUT2D eigenvalue weighted by Crippen LogP contribution is -2.36. The first kappa shape index (κ1) is 14.0. The van der Waals surface area contributed by atoms with Crippen molar-refractivity contribution in [2.24, 2.45) is 5.73 Å². The first-order chi connectivity index (χ1) is 8.17. The topological polar surface area (TPSA) is 67.5 Å². The van der Waals surface area contributed by atoms with E-state index in [9.17, 15) is 0 Å². The Hall–Kier alpha value is -1.10. The molecule has 1 unspecified atom stereocenters. The van der Waals surface area contributed by atoms with Gasteiger partial charge in [-0.15, -0.1) is 0 Å². The van der Waals surface area contributed by atoms with Gasteiger partial charge in [0.2, 0.25) is 0 Å². The summed E-state index contributed by atoms with van der Waals surface area (Å²) in [6, 6.07) is 5.93. The second-order valence-corrected chi connectivity index (χ2v) is 4.11. The van der Waals surface area contributed by atoms with Gasteiger partial charge in [-0.1, -0.05) is 12.1 Å². The van der Waals surface area contributed by atoms with Crippen LogP contribution in [0.4, 0.5) is 0 Å². The van der Waals surface area contributed by atoms with Crippen molar-refractivity contribution in [1.82, 2.24) is 5.32 Å². The number of aryl methyl sites for hydroxylation is 1. The normalized spacial score (nSPS) is 12.5. The Morgan fingerprint density at radius 3 is 2.82 bits per heavy atom. The number of benzene rings is 1. The predicted octanol–water partition coefficient (Wildman–Crippen LogP) is 0.803. The molecular formula is C13H22N2O2. The summed E-state index contributed by atoms with van der Waals surface area (Å²) >= 11 is 0. The Balaban J connectivity index is 2.47. The van der Waals surface area contributed by atoms with Gasteiger partial charge in [0.1, 0.15) is 5.75 Å². The summed E-state index contributed by atoms with van der Waals surface area (Å²) < 4.78 is 5.48. The van der Waals surface area contributed by atoms with Crippen molar-refractivity contribution in [3.05, 3.63) is 29.3 Å². The lowest BCUT2D eigenvalue weighted by atomic mass is 10.1. The smallest absolute Gasteiger partial charge is 0.122 e. The molecule has 0 aliphatic heterocycles. The highest BCUT2D eigenvalue weighted by Gasteiger charge is 2.02. The van der Waals surface area contributed by atoms with Crippen LogP contribution in [0.15, 0.2) is 18.2 Å². The van der Waals surface area contributed by atoms with Crippen molar-refractivity contribution in [1.29, 1.82) is 0 Å². The van der Waals surface area contributed by atoms with Crippen LogP contribution in [0.25, 0.3) is 0 Å². The van der Waals surface area contributed by atoms with Gasteiger partial charge in [-0.05, 0) is 31.0 Å². The van der Waals surface area contributed by atoms with Gasteiger partial charge in [0.15, 0.2) is 0 Å². The zero-order valence-electron chi connectivity index (χ0n) is 10.6. The van der Waals surface area contributed by atoms with Crippen molar-refractivity contribution in [2.45, 2.75) is 26.4 Å². The van der Waals surface area contributed by atoms with E-state index in [1.54, 1.807) is 0 Å². The maximum atomic E-state index is 8.79. The number of aliphatic hydroxyl groups is 1. The highest BCUT2D eigenvalue weighted by Crippen LogP contribution is 2.18. The Morgan fingerprint density at radius 2 is 2.24 bits per heavy atom. The van der Waals surface area contributed by atoms with Crippen LogP contribution in [0.2, 0.25) is 0 Å². The van der Waals surface area contributed by atoms with Crippen LogP contribution >= 0.6 is 0 Å². The van der Waals surface area contributed by atoms with Gasteiger partial charge in [-0.3, -0.25) is 0 Å². The third kappa shape index (κ3) is 4.73. The minimum absolute atomic E-state index is 0.00923. The summed E-state index contributed by atoms with van der Waals surface area (Å²) in [5.41, 5.74) is 7.93. The number of hydrogen-bond donors (Lipinski definition) is 3. The largest absolute Gasteiger partial charge is 0.494 e. The fourth-order valence-electron chi connectivity index (χ4n) is 1.61. The Kier molecular flexibility index (Phi) is 5.97. The molecule has 0 heterocycles. The van der Waals surface area contributed by atoms with Crippen LogP contribution in [0.3, 0.4) is 0 Å². The highest BCUT2D eigenvalue weighted by atomic mass is 16.5. The molecular weight excluding hydrogens is 216 g/mol. The van der Waals surface area contributed by atoms with Gasteiger partial charge >= 0.3 is 0 Å². The summed E-state index contributed by atoms with van der Waals surface area (Å²) in [6.45, 7) is 6.07. The maximum absolute atomic E-state index is 8.79. The van der Waals surface area contributed by atoms with Gasteiger partial charge in [0, 0.05) is 19.1 Å². The number of nitrogens with two attached hydrogens (primary N) is 1. The second kappa shape index (κ2) is 7.27. The molecule has 1 rings (SSSR count). The molecule has 4 nitrogen and oxygen atoms in total. The van der Waals surface area contributed by atoms with Crippen molar-refractivity contribution in [3.8, 4) is 5.75 Å². The molecule has 4 N–H and O–H groups in total. The number of ether oxygens (including phenoxy) is 1. The third-order valence-electron chi connectivity index (χ3n) is 2.51. The van der Waals surface area contributed by atoms with E-state index in [0.29, 0.717) is 13.2 Å². The van der Waals surface area contributed by atoms with Crippen LogP contribution in [0.1, 0.15) is 18.1 Å². The van der Waals surface area contributed by atoms with E-state index in [4.69, 9.17) is 15.6 Å². The van der Waals surface area contributed by atoms with Crippen LogP contribution in [-0.4, -0.2) is 30.9 Å². The van der Waals surface area contributed by atoms with Crippen molar-refractivity contribution in [3.63, 3.8) is 0 Å². The van der Waals surface area contributed by atoms with Crippen molar-refractivity contribution < 1.29 is 9.84 Å². The molecule has 0 saturated heterocycles. The van der Waals surface area contributed by atoms with Gasteiger partial charge < -0.3 is 20.9 Å². The molecule has 1 aromatic rings. The SMILES string of the molecule is CCOc1ccc(CNCC(N)CO)cc1C. The molecule has 0 radical (unpaired) electrons. The van der Waals surface area contributed by atoms with Gasteiger partial charge in [0.25, 0.3) is 0 Å². The molecule has 0 aliphatic carbocycles. The molecule has 4 heteroatoms. The van der Waals surface area contributed by atoms with Crippen molar-refractivity contribution >= 4 is 0 Å². The van der Waals surface area contributed by atoms with E-state index < -0.39 is 0 Å². The number of rotatable bonds is 7. The van der Waals surface area contributed by atoms with E-state index in [1.807, 2.05) is 26.0 Å². The lowest BCUT2D eigenvalue weighted by Gasteiger charge is -2.11. The quantitative estimate of drug-likeness (QED) is 0.657. The van der Waals surface area contributed by atoms with Gasteiger partial charge in [-0.25, -0.2) is 0 Å². The van der Waals surface area contributed by atoms with E-state index in [1.165, 1.54) is 5.56 Å². The summed E-state index contributed by atoms with van der Waals surface area (Å²) in [7, 11) is 0. The van der Waals surface area contributed by atoms with Crippen LogP contribution in [0.5, 0.6) is 5.75 Å². The highest BCUT2D eigenvalue weighted by molar-refractivity contribution is 5.36. The molecule has 17 heavy (non-hydrogen) atoms. The lowest BCUT2D eigenvalue weighted by molar-refractivity contribution is 0.262. The minimum atomic E-state index is -0.196. The Bertz CT molecular complexity index is 342. The molecule has 0 fully saturated rings. The Labute approximate surface area is 103 Å². The average Bonchev–Trinajstić information content (AvgIpc) is 2.32. The van der Waals surface area contributed by atoms with E-state index in [0.717, 1.165) is 17.9 Å². The maximum Gasteiger partial charge on any atom is 0.122 e. The zero-order valence-corrected chi connectivity index (χ0v) is 10.6. The van der Waals surface area contributed by atoms with Gasteiger partial charge in [-0.2, -0.15) is 0 Å². The summed E-state index contributed by atoms with van der Waals surface area (Å²) in [6.07, 6.45) is 0. The fraction of sp³-hybridized carbons (Fsp3) is 0.538. The second-order valence-electron chi connectivity index (χ2n) is 4.11. The summed E-state index contributed by atoms with van der Waals surface area (Å²) in [5, 5.41) is 12.0. The number of nitrogens with one attached hydrogen (secondary N) is 1. The minimum Gasteiger partial charge on any atom is -0.494 e. The molecule has 1 aromatic carbocycles. The third-order valence-corrected chi connectivity index (χ3v) is 2.51. The fourth-order valence-corrected chi connectivity index (χ4v) is 1.61. The molecule has 0 amide bonds. The van der Waals surface area contributed by atoms with E-state index in [-0.39, 0.29) is 12.6 Å². The molecule has 0 aromatic heterocycles. The molecule has 96 valence electrons. The number of aliphatic hydroxyl groups excluding tert-OH is 1. The van der Waals surface area contributed by atoms with E-state index >= 15 is 0 Å². The Morgan fingerprint density at radius 1 is 1.47 bits per heavy atom. The number of hydrogen-bond acceptors (Lipinski definition) is 4. The van der Waals surface area contributed by atoms with Crippen LogP contribution < -0.4 is 15.8 Å². The van der Waals surface area contributed by atoms with Crippen LogP contribution in [-0.2, 0) is 6.54 Å². The molecule has 0 aliphatic rings. The van der Waals surface area contributed by atoms with Gasteiger partial charge in [0.05, 0.1) is 13.2 Å². The molecule has 0 spiro atoms. The monoisotopic (exact) mass is 238 g/mol. The first-order valence-corrected chi connectivity index (χ1v) is 5.96. The molecule has 0 saturated carbocycles. The van der Waals surface area contributed by atoms with Crippen LogP contribution in [0, 0.1) is 6.92 Å². The molecule has 0 bridgehead atoms. The predicted molar refractivity (Wildman–Crippen MR) is 69.1 cm³/mol. The zero-order chi connectivity index (χ0) is 12.7. The van der Waals surface area contributed by atoms with Crippen molar-refractivity contribution in [2.75, 3.05) is 19.8 Å². The standard InChI is InChI=1S/C13H22N2O2/c1-3-17-13-5-4-11(6-10(13)2)7-15-8-12(14)9-16/h4-6,12,15-16H,3,7-9,14H2,1-2H3. The van der Waals surface area contributed by atoms with E-state index in [2.05, 4.69) is 11.4 Å². The average molecular weight is 238 g/mol. The first-order valence-electron chi connectivity index (χ1n) is 5.96. The molecule has 1 atom stereocenters.